The summed E-state index contributed by atoms with van der Waals surface area (Å²) in [5.41, 5.74) is 13.1. The lowest BCUT2D eigenvalue weighted by Gasteiger charge is -2.57. The molecule has 166 valence electrons. The molecule has 0 radical (unpaired) electrons. The quantitative estimate of drug-likeness (QED) is 0.491. The molecule has 0 aromatic rings. The van der Waals surface area contributed by atoms with Crippen LogP contribution in [0, 0.1) is 40.9 Å². The van der Waals surface area contributed by atoms with E-state index in [-0.39, 0.29) is 29.3 Å². The van der Waals surface area contributed by atoms with Crippen molar-refractivity contribution in [2.75, 3.05) is 0 Å². The summed E-state index contributed by atoms with van der Waals surface area (Å²) in [6, 6.07) is -0.307. The van der Waals surface area contributed by atoms with Gasteiger partial charge in [0.15, 0.2) is 0 Å². The molecule has 2 aliphatic rings. The summed E-state index contributed by atoms with van der Waals surface area (Å²) in [6.45, 7) is 13.6. The molecule has 0 aromatic heterocycles. The van der Waals surface area contributed by atoms with Crippen molar-refractivity contribution < 1.29 is 10.2 Å². The van der Waals surface area contributed by atoms with Gasteiger partial charge in [-0.25, -0.2) is 0 Å². The van der Waals surface area contributed by atoms with Crippen LogP contribution < -0.4 is 11.5 Å². The van der Waals surface area contributed by atoms with E-state index in [0.29, 0.717) is 23.7 Å². The smallest absolute Gasteiger partial charge is 0.0719 e. The lowest BCUT2D eigenvalue weighted by molar-refractivity contribution is -0.102. The fourth-order valence-electron chi connectivity index (χ4n) is 6.74. The van der Waals surface area contributed by atoms with E-state index in [2.05, 4.69) is 41.5 Å². The summed E-state index contributed by atoms with van der Waals surface area (Å²) in [5, 5.41) is 21.1. The average molecular weight is 397 g/mol. The highest BCUT2D eigenvalue weighted by molar-refractivity contribution is 5.04. The molecule has 0 aromatic carbocycles. The van der Waals surface area contributed by atoms with E-state index in [0.717, 1.165) is 12.8 Å². The predicted octanol–water partition coefficient (Wildman–Crippen LogP) is 3.92. The molecule has 0 spiro atoms. The second kappa shape index (κ2) is 9.76. The molecular formula is C24H48N2O2. The summed E-state index contributed by atoms with van der Waals surface area (Å²) < 4.78 is 0. The third kappa shape index (κ3) is 4.61. The van der Waals surface area contributed by atoms with E-state index in [4.69, 9.17) is 11.5 Å². The van der Waals surface area contributed by atoms with E-state index >= 15 is 0 Å². The fraction of sp³-hybridized carbons (Fsp3) is 1.00. The van der Waals surface area contributed by atoms with Gasteiger partial charge in [0, 0.05) is 12.1 Å². The van der Waals surface area contributed by atoms with Crippen molar-refractivity contribution >= 4 is 0 Å². The van der Waals surface area contributed by atoms with Gasteiger partial charge in [-0.1, -0.05) is 67.2 Å². The Morgan fingerprint density at radius 1 is 0.786 bits per heavy atom. The zero-order valence-electron chi connectivity index (χ0n) is 19.3. The molecule has 6 N–H and O–H groups in total. The minimum absolute atomic E-state index is 0.143. The summed E-state index contributed by atoms with van der Waals surface area (Å²) in [5.74, 6) is 2.05. The average Bonchev–Trinajstić information content (AvgIpc) is 2.67. The number of unbranched alkanes of at least 4 members (excludes halogenated alkanes) is 3. The molecule has 2 aliphatic carbocycles. The first kappa shape index (κ1) is 24.1. The standard InChI is InChI=1S/C24H48N2O2/c1-7-8-9-10-11-24(6,18-12-14(2)22(27)20(25)16(18)4)19-13-15(3)23(28)21(26)17(19)5/h14-23,27-28H,7-13,25-26H2,1-6H3. The highest BCUT2D eigenvalue weighted by Gasteiger charge is 2.53. The first-order valence-electron chi connectivity index (χ1n) is 11.9. The van der Waals surface area contributed by atoms with Gasteiger partial charge in [-0.3, -0.25) is 0 Å². The molecule has 0 aliphatic heterocycles. The largest absolute Gasteiger partial charge is 0.391 e. The maximum atomic E-state index is 10.5. The van der Waals surface area contributed by atoms with Crippen LogP contribution in [0.5, 0.6) is 0 Å². The molecule has 10 atom stereocenters. The second-order valence-electron chi connectivity index (χ2n) is 10.8. The Bertz CT molecular complexity index is 451. The van der Waals surface area contributed by atoms with Gasteiger partial charge in [0.25, 0.3) is 0 Å². The third-order valence-electron chi connectivity index (χ3n) is 8.95. The van der Waals surface area contributed by atoms with Crippen molar-refractivity contribution in [1.29, 1.82) is 0 Å². The van der Waals surface area contributed by atoms with Crippen molar-refractivity contribution in [3.05, 3.63) is 0 Å². The van der Waals surface area contributed by atoms with Crippen molar-refractivity contribution in [3.63, 3.8) is 0 Å². The number of hydrogen-bond donors (Lipinski definition) is 4. The Hall–Kier alpha value is -0.160. The van der Waals surface area contributed by atoms with Crippen molar-refractivity contribution in [2.24, 2.45) is 52.4 Å². The van der Waals surface area contributed by atoms with Crippen LogP contribution in [0.4, 0.5) is 0 Å². The van der Waals surface area contributed by atoms with E-state index in [1.807, 2.05) is 0 Å². The second-order valence-corrected chi connectivity index (χ2v) is 10.8. The van der Waals surface area contributed by atoms with Gasteiger partial charge in [-0.05, 0) is 60.2 Å². The normalized spacial score (nSPS) is 46.9. The SMILES string of the molecule is CCCCCCC(C)(C1CC(C)C(O)C(N)C1C)C1CC(C)C(O)C(N)C1C. The van der Waals surface area contributed by atoms with Crippen LogP contribution in [0.3, 0.4) is 0 Å². The summed E-state index contributed by atoms with van der Waals surface area (Å²) >= 11 is 0. The van der Waals surface area contributed by atoms with Crippen molar-refractivity contribution in [3.8, 4) is 0 Å². The molecule has 28 heavy (non-hydrogen) atoms. The number of aliphatic hydroxyl groups is 2. The summed E-state index contributed by atoms with van der Waals surface area (Å²) in [6.07, 6.45) is 7.54. The molecule has 10 unspecified atom stereocenters. The molecular weight excluding hydrogens is 348 g/mol. The number of aliphatic hydroxyl groups excluding tert-OH is 2. The first-order valence-corrected chi connectivity index (χ1v) is 11.9. The third-order valence-corrected chi connectivity index (χ3v) is 8.95. The number of nitrogens with two attached hydrogens (primary N) is 2. The summed E-state index contributed by atoms with van der Waals surface area (Å²) in [7, 11) is 0. The molecule has 0 saturated heterocycles. The lowest BCUT2D eigenvalue weighted by atomic mass is 9.50. The van der Waals surface area contributed by atoms with Crippen molar-refractivity contribution in [2.45, 2.75) is 111 Å². The minimum Gasteiger partial charge on any atom is -0.391 e. The Morgan fingerprint density at radius 3 is 1.61 bits per heavy atom. The predicted molar refractivity (Wildman–Crippen MR) is 118 cm³/mol. The van der Waals surface area contributed by atoms with Crippen LogP contribution in [-0.4, -0.2) is 34.5 Å². The zero-order valence-corrected chi connectivity index (χ0v) is 19.3. The van der Waals surface area contributed by atoms with Gasteiger partial charge in [0.05, 0.1) is 12.2 Å². The van der Waals surface area contributed by atoms with Crippen LogP contribution in [0.2, 0.25) is 0 Å². The van der Waals surface area contributed by atoms with E-state index in [1.165, 1.54) is 32.1 Å². The Balaban J connectivity index is 2.34. The minimum atomic E-state index is -0.401. The molecule has 2 rings (SSSR count). The number of hydrogen-bond acceptors (Lipinski definition) is 4. The molecule has 0 heterocycles. The van der Waals surface area contributed by atoms with Gasteiger partial charge >= 0.3 is 0 Å². The zero-order chi connectivity index (χ0) is 21.2. The molecule has 2 saturated carbocycles. The fourth-order valence-corrected chi connectivity index (χ4v) is 6.74. The van der Waals surface area contributed by atoms with Crippen LogP contribution >= 0.6 is 0 Å². The van der Waals surface area contributed by atoms with Crippen LogP contribution in [-0.2, 0) is 0 Å². The van der Waals surface area contributed by atoms with Gasteiger partial charge < -0.3 is 21.7 Å². The molecule has 4 nitrogen and oxygen atoms in total. The van der Waals surface area contributed by atoms with Gasteiger partial charge in [-0.2, -0.15) is 0 Å². The van der Waals surface area contributed by atoms with Gasteiger partial charge in [-0.15, -0.1) is 0 Å². The highest BCUT2D eigenvalue weighted by atomic mass is 16.3. The Labute approximate surface area is 173 Å². The van der Waals surface area contributed by atoms with E-state index < -0.39 is 12.2 Å². The van der Waals surface area contributed by atoms with Crippen molar-refractivity contribution in [1.82, 2.24) is 0 Å². The maximum absolute atomic E-state index is 10.5. The molecule has 0 amide bonds. The van der Waals surface area contributed by atoms with Crippen LogP contribution in [0.25, 0.3) is 0 Å². The first-order chi connectivity index (χ1) is 13.1. The van der Waals surface area contributed by atoms with E-state index in [9.17, 15) is 10.2 Å². The van der Waals surface area contributed by atoms with Gasteiger partial charge in [0.2, 0.25) is 0 Å². The highest BCUT2D eigenvalue weighted by Crippen LogP contribution is 2.56. The molecule has 2 fully saturated rings. The number of rotatable bonds is 7. The molecule has 4 heteroatoms. The van der Waals surface area contributed by atoms with Crippen LogP contribution in [0.1, 0.15) is 86.5 Å². The monoisotopic (exact) mass is 396 g/mol. The van der Waals surface area contributed by atoms with E-state index in [1.54, 1.807) is 0 Å². The Morgan fingerprint density at radius 2 is 1.21 bits per heavy atom. The maximum Gasteiger partial charge on any atom is 0.0719 e. The Kier molecular flexibility index (Phi) is 8.41. The topological polar surface area (TPSA) is 92.5 Å². The lowest BCUT2D eigenvalue weighted by Crippen LogP contribution is -2.59. The van der Waals surface area contributed by atoms with Crippen LogP contribution in [0.15, 0.2) is 0 Å². The molecule has 0 bridgehead atoms. The van der Waals surface area contributed by atoms with Gasteiger partial charge in [0.1, 0.15) is 0 Å². The summed E-state index contributed by atoms with van der Waals surface area (Å²) in [4.78, 5) is 0.